The molecule has 0 unspecified atom stereocenters. The molecule has 1 aliphatic rings. The van der Waals surface area contributed by atoms with Gasteiger partial charge in [0, 0.05) is 68.4 Å². The molecule has 10 heteroatoms. The Bertz CT molecular complexity index is 1280. The third kappa shape index (κ3) is 7.61. The molecule has 0 aromatic heterocycles. The fourth-order valence-corrected chi connectivity index (χ4v) is 5.04. The minimum atomic E-state index is -0.374. The second-order valence-electron chi connectivity index (χ2n) is 9.29. The number of para-hydroxylation sites is 2. The van der Waals surface area contributed by atoms with Crippen molar-refractivity contribution < 1.29 is 19.1 Å². The number of hydrogen-bond donors (Lipinski definition) is 3. The predicted molar refractivity (Wildman–Crippen MR) is 164 cm³/mol. The van der Waals surface area contributed by atoms with E-state index in [4.69, 9.17) is 9.47 Å². The van der Waals surface area contributed by atoms with Crippen LogP contribution in [0.4, 0.5) is 27.5 Å². The van der Waals surface area contributed by atoms with Crippen molar-refractivity contribution in [2.75, 3.05) is 80.2 Å². The molecule has 3 amide bonds. The zero-order chi connectivity index (χ0) is 28.3. The summed E-state index contributed by atoms with van der Waals surface area (Å²) >= 11 is 1.64. The Labute approximate surface area is 240 Å². The lowest BCUT2D eigenvalue weighted by Gasteiger charge is -2.38. The molecule has 0 aliphatic carbocycles. The number of nitrogens with one attached hydrogen (secondary N) is 3. The Balaban J connectivity index is 1.48. The molecule has 1 heterocycles. The SMILES string of the molecule is COCCCNC(=O)c1cc(NC(=O)Nc2ccc(SC)cc2)ccc1N1CCN(c2ccccc2OC)CC1. The van der Waals surface area contributed by atoms with Gasteiger partial charge >= 0.3 is 6.03 Å². The van der Waals surface area contributed by atoms with Gasteiger partial charge in [-0.1, -0.05) is 12.1 Å². The van der Waals surface area contributed by atoms with Crippen LogP contribution < -0.4 is 30.5 Å². The number of piperazine rings is 1. The van der Waals surface area contributed by atoms with E-state index in [2.05, 4.69) is 31.8 Å². The summed E-state index contributed by atoms with van der Waals surface area (Å²) in [7, 11) is 3.32. The van der Waals surface area contributed by atoms with Gasteiger partial charge in [-0.05, 0) is 67.3 Å². The van der Waals surface area contributed by atoms with E-state index in [1.54, 1.807) is 32.0 Å². The molecule has 3 aromatic carbocycles. The van der Waals surface area contributed by atoms with Crippen molar-refractivity contribution in [1.82, 2.24) is 5.32 Å². The monoisotopic (exact) mass is 563 g/mol. The summed E-state index contributed by atoms with van der Waals surface area (Å²) in [6.45, 7) is 4.11. The van der Waals surface area contributed by atoms with Crippen molar-refractivity contribution in [2.45, 2.75) is 11.3 Å². The topological polar surface area (TPSA) is 95.2 Å². The zero-order valence-corrected chi connectivity index (χ0v) is 24.1. The van der Waals surface area contributed by atoms with E-state index in [1.165, 1.54) is 0 Å². The summed E-state index contributed by atoms with van der Waals surface area (Å²) in [6, 6.07) is 20.7. The van der Waals surface area contributed by atoms with Crippen LogP contribution in [-0.2, 0) is 4.74 Å². The molecule has 4 rings (SSSR count). The summed E-state index contributed by atoms with van der Waals surface area (Å²) in [4.78, 5) is 31.6. The summed E-state index contributed by atoms with van der Waals surface area (Å²) in [5, 5.41) is 8.70. The van der Waals surface area contributed by atoms with Crippen molar-refractivity contribution in [3.63, 3.8) is 0 Å². The Kier molecular flexibility index (Phi) is 10.5. The third-order valence-electron chi connectivity index (χ3n) is 6.70. The van der Waals surface area contributed by atoms with Gasteiger partial charge in [0.2, 0.25) is 0 Å². The van der Waals surface area contributed by atoms with Crippen LogP contribution in [0, 0.1) is 0 Å². The zero-order valence-electron chi connectivity index (χ0n) is 23.2. The quantitative estimate of drug-likeness (QED) is 0.219. The number of methoxy groups -OCH3 is 2. The second-order valence-corrected chi connectivity index (χ2v) is 10.2. The number of carbonyl (C=O) groups excluding carboxylic acids is 2. The normalized spacial score (nSPS) is 13.1. The van der Waals surface area contributed by atoms with E-state index in [0.717, 1.165) is 48.2 Å². The van der Waals surface area contributed by atoms with Gasteiger partial charge in [-0.15, -0.1) is 11.8 Å². The van der Waals surface area contributed by atoms with Crippen molar-refractivity contribution in [2.24, 2.45) is 0 Å². The van der Waals surface area contributed by atoms with Gasteiger partial charge in [0.15, 0.2) is 0 Å². The minimum absolute atomic E-state index is 0.185. The number of nitrogens with zero attached hydrogens (tertiary/aromatic N) is 2. The molecule has 0 bridgehead atoms. The molecule has 0 radical (unpaired) electrons. The number of benzene rings is 3. The fraction of sp³-hybridized carbons (Fsp3) is 0.333. The second kappa shape index (κ2) is 14.5. The van der Waals surface area contributed by atoms with Gasteiger partial charge in [-0.3, -0.25) is 4.79 Å². The van der Waals surface area contributed by atoms with Crippen molar-refractivity contribution >= 4 is 46.4 Å². The molecule has 3 aromatic rings. The summed E-state index contributed by atoms with van der Waals surface area (Å²) in [5.74, 6) is 0.663. The number of hydrogen-bond acceptors (Lipinski definition) is 7. The standard InChI is InChI=1S/C30H37N5O4S/c1-38-20-6-15-31-29(36)25-21-23(33-30(37)32-22-9-12-24(40-3)13-10-22)11-14-26(25)34-16-18-35(19-17-34)27-7-4-5-8-28(27)39-2/h4-5,7-14,21H,6,15-20H2,1-3H3,(H,31,36)(H2,32,33,37). The van der Waals surface area contributed by atoms with Crippen LogP contribution in [0.2, 0.25) is 0 Å². The average Bonchev–Trinajstić information content (AvgIpc) is 2.99. The maximum atomic E-state index is 13.3. The van der Waals surface area contributed by atoms with E-state index in [1.807, 2.05) is 60.9 Å². The molecular formula is C30H37N5O4S. The van der Waals surface area contributed by atoms with Gasteiger partial charge in [0.05, 0.1) is 18.4 Å². The number of ether oxygens (including phenoxy) is 2. The van der Waals surface area contributed by atoms with E-state index in [9.17, 15) is 9.59 Å². The van der Waals surface area contributed by atoms with Crippen molar-refractivity contribution in [1.29, 1.82) is 0 Å². The smallest absolute Gasteiger partial charge is 0.323 e. The summed E-state index contributed by atoms with van der Waals surface area (Å²) in [5.41, 5.74) is 3.65. The predicted octanol–water partition coefficient (Wildman–Crippen LogP) is 5.15. The Hall–Kier alpha value is -3.89. The lowest BCUT2D eigenvalue weighted by atomic mass is 10.1. The van der Waals surface area contributed by atoms with E-state index >= 15 is 0 Å². The van der Waals surface area contributed by atoms with Crippen LogP contribution in [0.5, 0.6) is 5.75 Å². The van der Waals surface area contributed by atoms with Gasteiger partial charge in [-0.25, -0.2) is 4.79 Å². The first-order valence-electron chi connectivity index (χ1n) is 13.3. The highest BCUT2D eigenvalue weighted by Crippen LogP contribution is 2.31. The Morgan fingerprint density at radius 3 is 2.17 bits per heavy atom. The van der Waals surface area contributed by atoms with E-state index in [0.29, 0.717) is 36.5 Å². The molecular weight excluding hydrogens is 526 g/mol. The molecule has 40 heavy (non-hydrogen) atoms. The number of anilines is 4. The molecule has 0 atom stereocenters. The number of rotatable bonds is 11. The number of amides is 3. The van der Waals surface area contributed by atoms with E-state index in [-0.39, 0.29) is 11.9 Å². The first-order valence-corrected chi connectivity index (χ1v) is 14.5. The van der Waals surface area contributed by atoms with Crippen LogP contribution in [0.1, 0.15) is 16.8 Å². The average molecular weight is 564 g/mol. The number of urea groups is 1. The van der Waals surface area contributed by atoms with Gasteiger partial charge in [0.25, 0.3) is 5.91 Å². The maximum Gasteiger partial charge on any atom is 0.323 e. The van der Waals surface area contributed by atoms with Crippen LogP contribution in [0.25, 0.3) is 0 Å². The molecule has 9 nitrogen and oxygen atoms in total. The maximum absolute atomic E-state index is 13.3. The Morgan fingerprint density at radius 1 is 0.850 bits per heavy atom. The lowest BCUT2D eigenvalue weighted by Crippen LogP contribution is -2.47. The highest BCUT2D eigenvalue weighted by atomic mass is 32.2. The highest BCUT2D eigenvalue weighted by molar-refractivity contribution is 7.98. The first kappa shape index (κ1) is 29.1. The third-order valence-corrected chi connectivity index (χ3v) is 7.45. The fourth-order valence-electron chi connectivity index (χ4n) is 4.63. The number of thioether (sulfide) groups is 1. The van der Waals surface area contributed by atoms with Crippen LogP contribution in [0.15, 0.2) is 71.6 Å². The summed E-state index contributed by atoms with van der Waals surface area (Å²) in [6.07, 6.45) is 2.72. The molecule has 0 spiro atoms. The first-order chi connectivity index (χ1) is 19.5. The molecule has 1 fully saturated rings. The molecule has 1 aliphatic heterocycles. The van der Waals surface area contributed by atoms with Crippen LogP contribution in [-0.4, -0.2) is 71.7 Å². The van der Waals surface area contributed by atoms with Crippen LogP contribution >= 0.6 is 11.8 Å². The molecule has 0 saturated carbocycles. The summed E-state index contributed by atoms with van der Waals surface area (Å²) < 4.78 is 10.7. The lowest BCUT2D eigenvalue weighted by molar-refractivity contribution is 0.0949. The highest BCUT2D eigenvalue weighted by Gasteiger charge is 2.24. The van der Waals surface area contributed by atoms with Gasteiger partial charge in [0.1, 0.15) is 5.75 Å². The van der Waals surface area contributed by atoms with Crippen molar-refractivity contribution in [3.05, 3.63) is 72.3 Å². The molecule has 1 saturated heterocycles. The minimum Gasteiger partial charge on any atom is -0.495 e. The number of carbonyl (C=O) groups is 2. The molecule has 212 valence electrons. The van der Waals surface area contributed by atoms with Gasteiger partial charge < -0.3 is 35.2 Å². The molecule has 3 N–H and O–H groups in total. The Morgan fingerprint density at radius 2 is 1.50 bits per heavy atom. The van der Waals surface area contributed by atoms with Gasteiger partial charge in [-0.2, -0.15) is 0 Å². The van der Waals surface area contributed by atoms with Crippen molar-refractivity contribution in [3.8, 4) is 5.75 Å². The van der Waals surface area contributed by atoms with Crippen LogP contribution in [0.3, 0.4) is 0 Å². The largest absolute Gasteiger partial charge is 0.495 e. The van der Waals surface area contributed by atoms with E-state index < -0.39 is 0 Å².